The lowest BCUT2D eigenvalue weighted by Crippen LogP contribution is -2.17. The van der Waals surface area contributed by atoms with Gasteiger partial charge in [-0.25, -0.2) is 0 Å². The van der Waals surface area contributed by atoms with Gasteiger partial charge in [0.1, 0.15) is 0 Å². The fraction of sp³-hybridized carbons (Fsp3) is 0.647. The van der Waals surface area contributed by atoms with Crippen molar-refractivity contribution < 1.29 is 0 Å². The Morgan fingerprint density at radius 1 is 0.941 bits per heavy atom. The Kier molecular flexibility index (Phi) is 3.34. The third-order valence-electron chi connectivity index (χ3n) is 3.94. The Morgan fingerprint density at radius 2 is 1.47 bits per heavy atom. The molecule has 0 aliphatic heterocycles. The van der Waals surface area contributed by atoms with Crippen LogP contribution < -0.4 is 0 Å². The molecule has 1 aromatic rings. The van der Waals surface area contributed by atoms with E-state index in [0.717, 1.165) is 0 Å². The van der Waals surface area contributed by atoms with E-state index in [4.69, 9.17) is 0 Å². The minimum absolute atomic E-state index is 0.270. The summed E-state index contributed by atoms with van der Waals surface area (Å²) >= 11 is 0. The lowest BCUT2D eigenvalue weighted by atomic mass is 9.77. The van der Waals surface area contributed by atoms with Crippen molar-refractivity contribution >= 4 is 0 Å². The van der Waals surface area contributed by atoms with Gasteiger partial charge in [-0.3, -0.25) is 0 Å². The maximum Gasteiger partial charge on any atom is -0.0129 e. The second kappa shape index (κ2) is 4.48. The van der Waals surface area contributed by atoms with Crippen LogP contribution in [-0.2, 0) is 18.3 Å². The molecule has 0 atom stereocenters. The van der Waals surface area contributed by atoms with Gasteiger partial charge >= 0.3 is 0 Å². The first-order chi connectivity index (χ1) is 7.89. The summed E-state index contributed by atoms with van der Waals surface area (Å²) in [5.74, 6) is 0.636. The number of hydrogen-bond donors (Lipinski definition) is 0. The maximum atomic E-state index is 2.50. The third-order valence-corrected chi connectivity index (χ3v) is 3.94. The van der Waals surface area contributed by atoms with Crippen molar-refractivity contribution in [3.8, 4) is 0 Å². The van der Waals surface area contributed by atoms with Crippen LogP contribution in [0.5, 0.6) is 0 Å². The predicted molar refractivity (Wildman–Crippen MR) is 75.9 cm³/mol. The Labute approximate surface area is 106 Å². The molecule has 1 aromatic carbocycles. The lowest BCUT2D eigenvalue weighted by Gasteiger charge is -2.28. The van der Waals surface area contributed by atoms with Crippen molar-refractivity contribution in [1.82, 2.24) is 0 Å². The van der Waals surface area contributed by atoms with Crippen LogP contribution in [-0.4, -0.2) is 0 Å². The zero-order valence-electron chi connectivity index (χ0n) is 12.1. The summed E-state index contributed by atoms with van der Waals surface area (Å²) in [5, 5.41) is 0. The average molecular weight is 230 g/mol. The SMILES string of the molecule is CC(C)c1cc2c(cc1C(C)(C)C)CCCC2. The zero-order valence-corrected chi connectivity index (χ0v) is 12.1. The number of hydrogen-bond acceptors (Lipinski definition) is 0. The van der Waals surface area contributed by atoms with E-state index in [1.807, 2.05) is 0 Å². The quantitative estimate of drug-likeness (QED) is 0.638. The van der Waals surface area contributed by atoms with Gasteiger partial charge in [0.15, 0.2) is 0 Å². The van der Waals surface area contributed by atoms with E-state index in [9.17, 15) is 0 Å². The first-order valence-corrected chi connectivity index (χ1v) is 7.06. The van der Waals surface area contributed by atoms with Crippen molar-refractivity contribution in [1.29, 1.82) is 0 Å². The molecule has 0 spiro atoms. The molecule has 0 unspecified atom stereocenters. The van der Waals surface area contributed by atoms with Gasteiger partial charge in [0.2, 0.25) is 0 Å². The van der Waals surface area contributed by atoms with E-state index in [1.54, 1.807) is 22.3 Å². The van der Waals surface area contributed by atoms with Crippen molar-refractivity contribution in [3.63, 3.8) is 0 Å². The van der Waals surface area contributed by atoms with Gasteiger partial charge in [-0.15, -0.1) is 0 Å². The van der Waals surface area contributed by atoms with Gasteiger partial charge in [0, 0.05) is 0 Å². The van der Waals surface area contributed by atoms with Gasteiger partial charge in [-0.2, -0.15) is 0 Å². The van der Waals surface area contributed by atoms with Crippen LogP contribution in [0.3, 0.4) is 0 Å². The van der Waals surface area contributed by atoms with Crippen LogP contribution in [0, 0.1) is 0 Å². The molecule has 0 nitrogen and oxygen atoms in total. The molecule has 0 aromatic heterocycles. The molecule has 0 amide bonds. The van der Waals surface area contributed by atoms with E-state index < -0.39 is 0 Å². The third kappa shape index (κ3) is 2.56. The van der Waals surface area contributed by atoms with Gasteiger partial charge in [0.25, 0.3) is 0 Å². The Bertz CT molecular complexity index is 405. The average Bonchev–Trinajstić information content (AvgIpc) is 2.26. The van der Waals surface area contributed by atoms with Crippen LogP contribution in [0.2, 0.25) is 0 Å². The highest BCUT2D eigenvalue weighted by atomic mass is 14.3. The highest BCUT2D eigenvalue weighted by molar-refractivity contribution is 5.44. The Morgan fingerprint density at radius 3 is 1.94 bits per heavy atom. The second-order valence-corrected chi connectivity index (χ2v) is 6.82. The topological polar surface area (TPSA) is 0 Å². The number of benzene rings is 1. The summed E-state index contributed by atoms with van der Waals surface area (Å²) in [6.07, 6.45) is 5.33. The van der Waals surface area contributed by atoms with Gasteiger partial charge in [-0.05, 0) is 59.3 Å². The highest BCUT2D eigenvalue weighted by Gasteiger charge is 2.22. The number of fused-ring (bicyclic) bond motifs is 1. The van der Waals surface area contributed by atoms with Crippen molar-refractivity contribution in [2.75, 3.05) is 0 Å². The molecular formula is C17H26. The molecule has 2 rings (SSSR count). The maximum absolute atomic E-state index is 2.50. The molecule has 0 saturated heterocycles. The Balaban J connectivity index is 2.56. The zero-order chi connectivity index (χ0) is 12.6. The predicted octanol–water partition coefficient (Wildman–Crippen LogP) is 4.99. The van der Waals surface area contributed by atoms with Crippen molar-refractivity contribution in [2.24, 2.45) is 0 Å². The van der Waals surface area contributed by atoms with Crippen molar-refractivity contribution in [3.05, 3.63) is 34.4 Å². The fourth-order valence-electron chi connectivity index (χ4n) is 2.93. The van der Waals surface area contributed by atoms with Crippen molar-refractivity contribution in [2.45, 2.75) is 71.6 Å². The van der Waals surface area contributed by atoms with Gasteiger partial charge in [0.05, 0.1) is 0 Å². The summed E-state index contributed by atoms with van der Waals surface area (Å²) in [6.45, 7) is 11.6. The summed E-state index contributed by atoms with van der Waals surface area (Å²) in [6, 6.07) is 5.00. The molecule has 0 heteroatoms. The standard InChI is InChI=1S/C17H26/c1-12(2)15-10-13-8-6-7-9-14(13)11-16(15)17(3,4)5/h10-12H,6-9H2,1-5H3. The molecule has 1 aliphatic rings. The van der Waals surface area contributed by atoms with Crippen LogP contribution >= 0.6 is 0 Å². The molecular weight excluding hydrogens is 204 g/mol. The largest absolute Gasteiger partial charge is 0.0587 e. The van der Waals surface area contributed by atoms with Gasteiger partial charge < -0.3 is 0 Å². The second-order valence-electron chi connectivity index (χ2n) is 6.82. The van der Waals surface area contributed by atoms with Crippen LogP contribution in [0.15, 0.2) is 12.1 Å². The first kappa shape index (κ1) is 12.7. The summed E-state index contributed by atoms with van der Waals surface area (Å²) in [5.41, 5.74) is 6.64. The molecule has 94 valence electrons. The molecule has 0 fully saturated rings. The molecule has 0 radical (unpaired) electrons. The smallest absolute Gasteiger partial charge is 0.0129 e. The van der Waals surface area contributed by atoms with E-state index in [-0.39, 0.29) is 5.41 Å². The Hall–Kier alpha value is -0.780. The molecule has 0 N–H and O–H groups in total. The normalized spacial score (nSPS) is 16.1. The number of aryl methyl sites for hydroxylation is 2. The van der Waals surface area contributed by atoms with E-state index >= 15 is 0 Å². The minimum Gasteiger partial charge on any atom is -0.0587 e. The van der Waals surface area contributed by atoms with Crippen LogP contribution in [0.25, 0.3) is 0 Å². The molecule has 0 heterocycles. The summed E-state index contributed by atoms with van der Waals surface area (Å²) in [7, 11) is 0. The summed E-state index contributed by atoms with van der Waals surface area (Å²) in [4.78, 5) is 0. The van der Waals surface area contributed by atoms with Crippen LogP contribution in [0.1, 0.15) is 75.6 Å². The summed E-state index contributed by atoms with van der Waals surface area (Å²) < 4.78 is 0. The van der Waals surface area contributed by atoms with Crippen LogP contribution in [0.4, 0.5) is 0 Å². The molecule has 0 bridgehead atoms. The number of rotatable bonds is 1. The van der Waals surface area contributed by atoms with E-state index in [0.29, 0.717) is 5.92 Å². The fourth-order valence-corrected chi connectivity index (χ4v) is 2.93. The molecule has 1 aliphatic carbocycles. The lowest BCUT2D eigenvalue weighted by molar-refractivity contribution is 0.572. The highest BCUT2D eigenvalue weighted by Crippen LogP contribution is 2.35. The molecule has 0 saturated carbocycles. The van der Waals surface area contributed by atoms with Gasteiger partial charge in [-0.1, -0.05) is 46.8 Å². The first-order valence-electron chi connectivity index (χ1n) is 7.06. The monoisotopic (exact) mass is 230 g/mol. The van der Waals surface area contributed by atoms with E-state index in [1.165, 1.54) is 25.7 Å². The minimum atomic E-state index is 0.270. The molecule has 17 heavy (non-hydrogen) atoms. The van der Waals surface area contributed by atoms with E-state index in [2.05, 4.69) is 46.8 Å².